The predicted molar refractivity (Wildman–Crippen MR) is 109 cm³/mol. The van der Waals surface area contributed by atoms with Crippen LogP contribution in [-0.4, -0.2) is 26.8 Å². The molecule has 8 heteroatoms. The van der Waals surface area contributed by atoms with Gasteiger partial charge >= 0.3 is 5.76 Å². The second-order valence-electron chi connectivity index (χ2n) is 6.87. The third-order valence-corrected chi connectivity index (χ3v) is 4.99. The van der Waals surface area contributed by atoms with E-state index in [1.165, 1.54) is 22.8 Å². The van der Waals surface area contributed by atoms with Gasteiger partial charge in [0.1, 0.15) is 0 Å². The van der Waals surface area contributed by atoms with Crippen molar-refractivity contribution < 1.29 is 14.1 Å². The van der Waals surface area contributed by atoms with Crippen molar-refractivity contribution in [2.24, 2.45) is 0 Å². The molecule has 1 aromatic heterocycles. The van der Waals surface area contributed by atoms with Gasteiger partial charge < -0.3 is 9.32 Å². The molecule has 0 aliphatic rings. The Labute approximate surface area is 167 Å². The number of carbonyl (C=O) groups excluding carboxylic acids is 1. The zero-order chi connectivity index (χ0) is 21.0. The molecule has 152 valence electrons. The first kappa shape index (κ1) is 20.3. The number of amides is 1. The second-order valence-corrected chi connectivity index (χ2v) is 6.87. The summed E-state index contributed by atoms with van der Waals surface area (Å²) < 4.78 is 6.52. The molecule has 0 atom stereocenters. The fraction of sp³-hybridized carbons (Fsp3) is 0.333. The highest BCUT2D eigenvalue weighted by molar-refractivity contribution is 5.77. The molecule has 29 heavy (non-hydrogen) atoms. The highest BCUT2D eigenvalue weighted by Gasteiger charge is 2.16. The van der Waals surface area contributed by atoms with Gasteiger partial charge in [0.25, 0.3) is 5.69 Å². The van der Waals surface area contributed by atoms with E-state index < -0.39 is 10.7 Å². The Morgan fingerprint density at radius 1 is 1.24 bits per heavy atom. The zero-order valence-electron chi connectivity index (χ0n) is 16.5. The lowest BCUT2D eigenvalue weighted by Crippen LogP contribution is -2.30. The highest BCUT2D eigenvalue weighted by Crippen LogP contribution is 2.20. The normalized spacial score (nSPS) is 11.0. The van der Waals surface area contributed by atoms with Crippen molar-refractivity contribution in [1.29, 1.82) is 0 Å². The van der Waals surface area contributed by atoms with E-state index in [9.17, 15) is 19.7 Å². The number of oxazole rings is 1. The first-order chi connectivity index (χ1) is 13.9. The summed E-state index contributed by atoms with van der Waals surface area (Å²) in [6.45, 7) is 5.43. The fourth-order valence-electron chi connectivity index (χ4n) is 3.30. The third kappa shape index (κ3) is 4.53. The molecule has 3 aromatic rings. The van der Waals surface area contributed by atoms with Crippen molar-refractivity contribution in [3.05, 3.63) is 74.3 Å². The van der Waals surface area contributed by atoms with Crippen LogP contribution >= 0.6 is 0 Å². The van der Waals surface area contributed by atoms with E-state index in [1.54, 1.807) is 4.90 Å². The number of hydrogen-bond donors (Lipinski definition) is 0. The summed E-state index contributed by atoms with van der Waals surface area (Å²) in [5.74, 6) is -0.563. The summed E-state index contributed by atoms with van der Waals surface area (Å²) in [5, 5.41) is 10.9. The molecule has 0 aliphatic carbocycles. The monoisotopic (exact) mass is 397 g/mol. The van der Waals surface area contributed by atoms with Crippen LogP contribution in [0.3, 0.4) is 0 Å². The quantitative estimate of drug-likeness (QED) is 0.427. The van der Waals surface area contributed by atoms with Gasteiger partial charge in [0.2, 0.25) is 5.91 Å². The maximum Gasteiger partial charge on any atom is 0.419 e. The van der Waals surface area contributed by atoms with E-state index in [0.29, 0.717) is 38.0 Å². The van der Waals surface area contributed by atoms with Gasteiger partial charge in [0.15, 0.2) is 5.58 Å². The van der Waals surface area contributed by atoms with Gasteiger partial charge in [-0.3, -0.25) is 19.5 Å². The fourth-order valence-corrected chi connectivity index (χ4v) is 3.30. The molecule has 0 radical (unpaired) electrons. The van der Waals surface area contributed by atoms with Crippen molar-refractivity contribution in [3.8, 4) is 0 Å². The predicted octanol–water partition coefficient (Wildman–Crippen LogP) is 3.64. The molecule has 0 saturated carbocycles. The Bertz CT molecular complexity index is 1100. The van der Waals surface area contributed by atoms with Crippen LogP contribution in [0, 0.1) is 17.0 Å². The molecule has 1 amide bonds. The molecular formula is C21H23N3O5. The number of nitrogens with zero attached hydrogens (tertiary/aromatic N) is 3. The number of hydrogen-bond acceptors (Lipinski definition) is 5. The molecular weight excluding hydrogens is 374 g/mol. The SMILES string of the molecule is CCN(Cc1ccccc1C)C(=O)CCCn1c(=O)oc2cc([N+](=O)[O-])ccc21. The van der Waals surface area contributed by atoms with E-state index in [0.717, 1.165) is 11.1 Å². The van der Waals surface area contributed by atoms with Gasteiger partial charge in [0.05, 0.1) is 16.5 Å². The summed E-state index contributed by atoms with van der Waals surface area (Å²) in [4.78, 5) is 36.8. The van der Waals surface area contributed by atoms with Crippen LogP contribution in [0.4, 0.5) is 5.69 Å². The Balaban J connectivity index is 1.65. The number of benzene rings is 2. The number of non-ortho nitro benzene ring substituents is 1. The van der Waals surface area contributed by atoms with Crippen LogP contribution < -0.4 is 5.76 Å². The molecule has 1 heterocycles. The van der Waals surface area contributed by atoms with Crippen molar-refractivity contribution >= 4 is 22.7 Å². The Morgan fingerprint density at radius 2 is 2.00 bits per heavy atom. The average molecular weight is 397 g/mol. The van der Waals surface area contributed by atoms with Gasteiger partial charge in [0, 0.05) is 32.1 Å². The van der Waals surface area contributed by atoms with Crippen LogP contribution in [0.1, 0.15) is 30.9 Å². The molecule has 3 rings (SSSR count). The van der Waals surface area contributed by atoms with Crippen molar-refractivity contribution in [1.82, 2.24) is 9.47 Å². The molecule has 0 bridgehead atoms. The third-order valence-electron chi connectivity index (χ3n) is 4.99. The summed E-state index contributed by atoms with van der Waals surface area (Å²) in [7, 11) is 0. The first-order valence-electron chi connectivity index (χ1n) is 9.50. The summed E-state index contributed by atoms with van der Waals surface area (Å²) in [5.41, 5.74) is 2.78. The summed E-state index contributed by atoms with van der Waals surface area (Å²) in [6.07, 6.45) is 0.764. The average Bonchev–Trinajstić information content (AvgIpc) is 3.01. The Hall–Kier alpha value is -3.42. The van der Waals surface area contributed by atoms with Crippen LogP contribution in [-0.2, 0) is 17.9 Å². The number of nitro groups is 1. The lowest BCUT2D eigenvalue weighted by atomic mass is 10.1. The number of rotatable bonds is 8. The summed E-state index contributed by atoms with van der Waals surface area (Å²) in [6, 6.07) is 12.0. The second kappa shape index (κ2) is 8.72. The molecule has 0 saturated heterocycles. The molecule has 2 aromatic carbocycles. The molecule has 0 spiro atoms. The summed E-state index contributed by atoms with van der Waals surface area (Å²) >= 11 is 0. The highest BCUT2D eigenvalue weighted by atomic mass is 16.6. The Morgan fingerprint density at radius 3 is 2.69 bits per heavy atom. The van der Waals surface area contributed by atoms with Gasteiger partial charge in [-0.1, -0.05) is 24.3 Å². The molecule has 0 aliphatic heterocycles. The largest absolute Gasteiger partial charge is 0.419 e. The maximum atomic E-state index is 12.6. The number of aromatic nitrogens is 1. The molecule has 0 unspecified atom stereocenters. The van der Waals surface area contributed by atoms with Crippen LogP contribution in [0.2, 0.25) is 0 Å². The molecule has 8 nitrogen and oxygen atoms in total. The minimum atomic E-state index is -0.583. The standard InChI is InChI=1S/C21H23N3O5/c1-3-22(14-16-8-5-4-7-15(16)2)20(25)9-6-12-23-18-11-10-17(24(27)28)13-19(18)29-21(23)26/h4-5,7-8,10-11,13H,3,6,9,12,14H2,1-2H3. The van der Waals surface area contributed by atoms with E-state index in [-0.39, 0.29) is 17.2 Å². The molecule has 0 fully saturated rings. The van der Waals surface area contributed by atoms with E-state index >= 15 is 0 Å². The number of nitro benzene ring substituents is 1. The van der Waals surface area contributed by atoms with E-state index in [4.69, 9.17) is 4.42 Å². The number of carbonyl (C=O) groups is 1. The van der Waals surface area contributed by atoms with E-state index in [2.05, 4.69) is 0 Å². The number of fused-ring (bicyclic) bond motifs is 1. The molecule has 0 N–H and O–H groups in total. The lowest BCUT2D eigenvalue weighted by molar-refractivity contribution is -0.384. The van der Waals surface area contributed by atoms with Crippen molar-refractivity contribution in [2.45, 2.75) is 39.8 Å². The van der Waals surface area contributed by atoms with Gasteiger partial charge in [-0.15, -0.1) is 0 Å². The van der Waals surface area contributed by atoms with Gasteiger partial charge in [-0.2, -0.15) is 0 Å². The topological polar surface area (TPSA) is 98.6 Å². The first-order valence-corrected chi connectivity index (χ1v) is 9.50. The maximum absolute atomic E-state index is 12.6. The minimum Gasteiger partial charge on any atom is -0.407 e. The van der Waals surface area contributed by atoms with Crippen molar-refractivity contribution in [3.63, 3.8) is 0 Å². The van der Waals surface area contributed by atoms with Crippen LogP contribution in [0.25, 0.3) is 11.1 Å². The Kier molecular flexibility index (Phi) is 6.11. The van der Waals surface area contributed by atoms with Gasteiger partial charge in [-0.05, 0) is 37.5 Å². The minimum absolute atomic E-state index is 0.0206. The van der Waals surface area contributed by atoms with Crippen molar-refractivity contribution in [2.75, 3.05) is 6.54 Å². The van der Waals surface area contributed by atoms with Crippen LogP contribution in [0.5, 0.6) is 0 Å². The number of aryl methyl sites for hydroxylation is 2. The smallest absolute Gasteiger partial charge is 0.407 e. The zero-order valence-corrected chi connectivity index (χ0v) is 16.5. The lowest BCUT2D eigenvalue weighted by Gasteiger charge is -2.22. The van der Waals surface area contributed by atoms with Crippen LogP contribution in [0.15, 0.2) is 51.7 Å². The van der Waals surface area contributed by atoms with E-state index in [1.807, 2.05) is 38.1 Å². The van der Waals surface area contributed by atoms with Gasteiger partial charge in [-0.25, -0.2) is 4.79 Å².